The lowest BCUT2D eigenvalue weighted by Gasteiger charge is -2.15. The molecule has 6 nitrogen and oxygen atoms in total. The lowest BCUT2D eigenvalue weighted by Crippen LogP contribution is -2.47. The van der Waals surface area contributed by atoms with E-state index in [1.807, 2.05) is 42.5 Å². The van der Waals surface area contributed by atoms with Gasteiger partial charge in [-0.2, -0.15) is 0 Å². The molecule has 3 rings (SSSR count). The van der Waals surface area contributed by atoms with E-state index in [-0.39, 0.29) is 18.9 Å². The van der Waals surface area contributed by atoms with Gasteiger partial charge in [0.1, 0.15) is 6.04 Å². The summed E-state index contributed by atoms with van der Waals surface area (Å²) in [6.07, 6.45) is 0.146. The molecule has 160 valence electrons. The first-order chi connectivity index (χ1) is 14.8. The quantitative estimate of drug-likeness (QED) is 0.501. The van der Waals surface area contributed by atoms with Crippen molar-refractivity contribution in [2.45, 2.75) is 19.4 Å². The van der Waals surface area contributed by atoms with Crippen molar-refractivity contribution in [2.24, 2.45) is 0 Å². The van der Waals surface area contributed by atoms with Crippen molar-refractivity contribution in [1.29, 1.82) is 0 Å². The Labute approximate surface area is 189 Å². The molecule has 31 heavy (non-hydrogen) atoms. The fourth-order valence-electron chi connectivity index (χ4n) is 3.09. The van der Waals surface area contributed by atoms with E-state index < -0.39 is 17.9 Å². The van der Waals surface area contributed by atoms with Gasteiger partial charge in [0.2, 0.25) is 17.7 Å². The van der Waals surface area contributed by atoms with Gasteiger partial charge >= 0.3 is 0 Å². The predicted octanol–water partition coefficient (Wildman–Crippen LogP) is 3.95. The molecule has 8 heteroatoms. The Morgan fingerprint density at radius 2 is 1.68 bits per heavy atom. The molecule has 0 saturated heterocycles. The first kappa shape index (κ1) is 22.6. The fourth-order valence-corrected chi connectivity index (χ4v) is 3.42. The van der Waals surface area contributed by atoms with Gasteiger partial charge in [0, 0.05) is 5.02 Å². The molecule has 0 aliphatic heterocycles. The van der Waals surface area contributed by atoms with Gasteiger partial charge in [-0.3, -0.25) is 14.4 Å². The van der Waals surface area contributed by atoms with Crippen molar-refractivity contribution in [3.8, 4) is 0 Å². The lowest BCUT2D eigenvalue weighted by atomic mass is 10.0. The van der Waals surface area contributed by atoms with Gasteiger partial charge < -0.3 is 16.0 Å². The number of halogens is 2. The van der Waals surface area contributed by atoms with Crippen LogP contribution in [0.4, 0.5) is 5.69 Å². The highest BCUT2D eigenvalue weighted by Gasteiger charge is 2.17. The van der Waals surface area contributed by atoms with Gasteiger partial charge in [-0.05, 0) is 41.5 Å². The summed E-state index contributed by atoms with van der Waals surface area (Å²) >= 11 is 11.9. The van der Waals surface area contributed by atoms with E-state index in [1.165, 1.54) is 6.07 Å². The van der Waals surface area contributed by atoms with Crippen LogP contribution in [0.5, 0.6) is 0 Å². The molecule has 0 spiro atoms. The van der Waals surface area contributed by atoms with Crippen LogP contribution in [0.25, 0.3) is 10.8 Å². The first-order valence-electron chi connectivity index (χ1n) is 9.62. The summed E-state index contributed by atoms with van der Waals surface area (Å²) in [5.41, 5.74) is 1.23. The number of hydrogen-bond donors (Lipinski definition) is 3. The van der Waals surface area contributed by atoms with Crippen LogP contribution in [0.15, 0.2) is 60.7 Å². The molecule has 0 fully saturated rings. The molecule has 3 aromatic carbocycles. The maximum absolute atomic E-state index is 12.4. The monoisotopic (exact) mass is 457 g/mol. The second-order valence-corrected chi connectivity index (χ2v) is 7.84. The zero-order valence-corrected chi connectivity index (χ0v) is 18.3. The highest BCUT2D eigenvalue weighted by molar-refractivity contribution is 6.35. The number of carbonyl (C=O) groups is 3. The molecular formula is C23H21Cl2N3O3. The average Bonchev–Trinajstić information content (AvgIpc) is 2.74. The summed E-state index contributed by atoms with van der Waals surface area (Å²) in [6.45, 7) is 1.29. The van der Waals surface area contributed by atoms with E-state index in [9.17, 15) is 14.4 Å². The molecule has 1 atom stereocenters. The maximum atomic E-state index is 12.4. The van der Waals surface area contributed by atoms with Crippen LogP contribution >= 0.6 is 23.2 Å². The first-order valence-corrected chi connectivity index (χ1v) is 10.4. The molecule has 1 unspecified atom stereocenters. The van der Waals surface area contributed by atoms with Crippen LogP contribution in [0.3, 0.4) is 0 Å². The van der Waals surface area contributed by atoms with Crippen molar-refractivity contribution < 1.29 is 14.4 Å². The highest BCUT2D eigenvalue weighted by atomic mass is 35.5. The van der Waals surface area contributed by atoms with E-state index in [4.69, 9.17) is 23.2 Å². The Morgan fingerprint density at radius 3 is 2.48 bits per heavy atom. The van der Waals surface area contributed by atoms with Gasteiger partial charge in [0.05, 0.1) is 23.7 Å². The number of fused-ring (bicyclic) bond motifs is 1. The number of nitrogens with one attached hydrogen (secondary N) is 3. The van der Waals surface area contributed by atoms with Crippen LogP contribution in [0, 0.1) is 0 Å². The van der Waals surface area contributed by atoms with Gasteiger partial charge in [-0.1, -0.05) is 65.7 Å². The molecule has 0 aromatic heterocycles. The van der Waals surface area contributed by atoms with Gasteiger partial charge in [-0.25, -0.2) is 0 Å². The Morgan fingerprint density at radius 1 is 0.935 bits per heavy atom. The molecule has 3 amide bonds. The van der Waals surface area contributed by atoms with Crippen LogP contribution in [-0.4, -0.2) is 30.3 Å². The molecule has 0 aliphatic rings. The van der Waals surface area contributed by atoms with E-state index in [1.54, 1.807) is 19.1 Å². The van der Waals surface area contributed by atoms with Gasteiger partial charge in [-0.15, -0.1) is 0 Å². The summed E-state index contributed by atoms with van der Waals surface area (Å²) in [6, 6.07) is 17.4. The summed E-state index contributed by atoms with van der Waals surface area (Å²) < 4.78 is 0. The molecule has 0 saturated carbocycles. The highest BCUT2D eigenvalue weighted by Crippen LogP contribution is 2.25. The summed E-state index contributed by atoms with van der Waals surface area (Å²) in [5.74, 6) is -1.22. The van der Waals surface area contributed by atoms with Crippen molar-refractivity contribution >= 4 is 57.4 Å². The minimum Gasteiger partial charge on any atom is -0.345 e. The van der Waals surface area contributed by atoms with Crippen molar-refractivity contribution in [3.63, 3.8) is 0 Å². The van der Waals surface area contributed by atoms with E-state index in [2.05, 4.69) is 16.0 Å². The van der Waals surface area contributed by atoms with E-state index in [0.717, 1.165) is 16.3 Å². The number of hydrogen-bond acceptors (Lipinski definition) is 3. The Balaban J connectivity index is 1.50. The molecule has 0 aliphatic carbocycles. The lowest BCUT2D eigenvalue weighted by molar-refractivity contribution is -0.129. The third kappa shape index (κ3) is 6.20. The SMILES string of the molecule is CC(NC(=O)Cc1cccc2ccccc12)C(=O)NCC(=O)Nc1cc(Cl)ccc1Cl. The Kier molecular flexibility index (Phi) is 7.50. The Hall–Kier alpha value is -3.09. The number of anilines is 1. The molecule has 0 radical (unpaired) electrons. The minimum absolute atomic E-state index is 0.146. The third-order valence-electron chi connectivity index (χ3n) is 4.63. The largest absolute Gasteiger partial charge is 0.345 e. The fraction of sp³-hybridized carbons (Fsp3) is 0.174. The van der Waals surface area contributed by atoms with Gasteiger partial charge in [0.25, 0.3) is 0 Å². The standard InChI is InChI=1S/C23H21Cl2N3O3/c1-14(23(31)26-13-22(30)28-20-12-17(24)9-10-19(20)25)27-21(29)11-16-7-4-6-15-5-2-3-8-18(15)16/h2-10,12,14H,11,13H2,1H3,(H,26,31)(H,27,29)(H,28,30). The van der Waals surface area contributed by atoms with Crippen LogP contribution in [0.1, 0.15) is 12.5 Å². The molecule has 3 N–H and O–H groups in total. The molecule has 3 aromatic rings. The second-order valence-electron chi connectivity index (χ2n) is 6.99. The maximum Gasteiger partial charge on any atom is 0.243 e. The van der Waals surface area contributed by atoms with Gasteiger partial charge in [0.15, 0.2) is 0 Å². The minimum atomic E-state index is -0.801. The third-order valence-corrected chi connectivity index (χ3v) is 5.19. The number of benzene rings is 3. The van der Waals surface area contributed by atoms with Crippen molar-refractivity contribution in [1.82, 2.24) is 10.6 Å². The predicted molar refractivity (Wildman–Crippen MR) is 123 cm³/mol. The summed E-state index contributed by atoms with van der Waals surface area (Å²) in [4.78, 5) is 36.8. The smallest absolute Gasteiger partial charge is 0.243 e. The number of rotatable bonds is 7. The van der Waals surface area contributed by atoms with Crippen LogP contribution in [0.2, 0.25) is 10.0 Å². The normalized spacial score (nSPS) is 11.6. The number of amides is 3. The zero-order valence-electron chi connectivity index (χ0n) is 16.7. The summed E-state index contributed by atoms with van der Waals surface area (Å²) in [5, 5.41) is 10.5. The zero-order chi connectivity index (χ0) is 22.4. The second kappa shape index (κ2) is 10.3. The topological polar surface area (TPSA) is 87.3 Å². The van der Waals surface area contributed by atoms with Crippen molar-refractivity contribution in [3.05, 3.63) is 76.3 Å². The van der Waals surface area contributed by atoms with E-state index >= 15 is 0 Å². The van der Waals surface area contributed by atoms with Crippen LogP contribution in [-0.2, 0) is 20.8 Å². The number of carbonyl (C=O) groups excluding carboxylic acids is 3. The molecular weight excluding hydrogens is 437 g/mol. The summed E-state index contributed by atoms with van der Waals surface area (Å²) in [7, 11) is 0. The average molecular weight is 458 g/mol. The Bertz CT molecular complexity index is 1130. The molecule has 0 heterocycles. The van der Waals surface area contributed by atoms with E-state index in [0.29, 0.717) is 15.7 Å². The van der Waals surface area contributed by atoms with Crippen molar-refractivity contribution in [2.75, 3.05) is 11.9 Å². The molecule has 0 bridgehead atoms. The van der Waals surface area contributed by atoms with Crippen LogP contribution < -0.4 is 16.0 Å².